The summed E-state index contributed by atoms with van der Waals surface area (Å²) >= 11 is 0. The molecule has 0 bridgehead atoms. The summed E-state index contributed by atoms with van der Waals surface area (Å²) < 4.78 is 31.4. The third kappa shape index (κ3) is 8.93. The lowest BCUT2D eigenvalue weighted by molar-refractivity contribution is -0.116. The molecule has 224 valence electrons. The normalized spacial score (nSPS) is 20.4. The summed E-state index contributed by atoms with van der Waals surface area (Å²) in [5, 5.41) is 2.65. The van der Waals surface area contributed by atoms with Crippen LogP contribution in [0, 0.1) is 5.82 Å². The molecule has 1 amide bonds. The van der Waals surface area contributed by atoms with Crippen molar-refractivity contribution in [2.75, 3.05) is 73.4 Å². The van der Waals surface area contributed by atoms with E-state index in [9.17, 15) is 9.18 Å². The standard InChI is InChI=1S/C33H46FN3O4/c1-4-32(38)35-16-18-40-20-22-41-21-19-39-17-6-7-25-10-12-26(13-11-25)28-23-37(24-31(28)36(2)3)30-15-14-27-8-5-9-29(34)33(27)30/h4-5,8-13,28,30-31H,1,6-7,14-24H2,2-3H3,(H,35,38)/t28-,30+,31?/m1/s1. The SMILES string of the molecule is C=CC(=O)NCCOCCOCCOCCCc1ccc([C@H]2CN([C@H]3CCc4cccc(F)c43)CC2N(C)C)cc1. The zero-order valence-corrected chi connectivity index (χ0v) is 24.7. The molecule has 0 spiro atoms. The third-order valence-electron chi connectivity index (χ3n) is 8.22. The van der Waals surface area contributed by atoms with Gasteiger partial charge in [0.1, 0.15) is 5.82 Å². The molecule has 0 aromatic heterocycles. The average Bonchev–Trinajstić information content (AvgIpc) is 3.61. The molecule has 41 heavy (non-hydrogen) atoms. The number of amides is 1. The highest BCUT2D eigenvalue weighted by atomic mass is 19.1. The van der Waals surface area contributed by atoms with E-state index in [2.05, 4.69) is 66.1 Å². The van der Waals surface area contributed by atoms with Crippen LogP contribution in [0.25, 0.3) is 0 Å². The molecule has 7 nitrogen and oxygen atoms in total. The minimum atomic E-state index is -0.196. The number of hydrogen-bond donors (Lipinski definition) is 1. The van der Waals surface area contributed by atoms with Gasteiger partial charge in [-0.3, -0.25) is 9.69 Å². The molecule has 8 heteroatoms. The molecular weight excluding hydrogens is 521 g/mol. The Bertz CT molecular complexity index is 1110. The van der Waals surface area contributed by atoms with Gasteiger partial charge >= 0.3 is 0 Å². The highest BCUT2D eigenvalue weighted by Gasteiger charge is 2.41. The highest BCUT2D eigenvalue weighted by molar-refractivity contribution is 5.86. The number of carbonyl (C=O) groups is 1. The van der Waals surface area contributed by atoms with E-state index in [1.54, 1.807) is 6.07 Å². The van der Waals surface area contributed by atoms with E-state index >= 15 is 0 Å². The van der Waals surface area contributed by atoms with E-state index in [4.69, 9.17) is 14.2 Å². The zero-order chi connectivity index (χ0) is 29.0. The number of likely N-dealkylation sites (tertiary alicyclic amines) is 1. The van der Waals surface area contributed by atoms with Crippen LogP contribution in [0.5, 0.6) is 0 Å². The number of carbonyl (C=O) groups excluding carboxylic acids is 1. The van der Waals surface area contributed by atoms with Crippen LogP contribution in [-0.4, -0.2) is 95.1 Å². The van der Waals surface area contributed by atoms with Gasteiger partial charge in [-0.05, 0) is 68.6 Å². The molecule has 1 unspecified atom stereocenters. The fourth-order valence-corrected chi connectivity index (χ4v) is 6.07. The first-order valence-corrected chi connectivity index (χ1v) is 14.9. The predicted octanol–water partition coefficient (Wildman–Crippen LogP) is 4.13. The van der Waals surface area contributed by atoms with Crippen molar-refractivity contribution in [1.82, 2.24) is 15.1 Å². The molecule has 2 aliphatic rings. The number of rotatable bonds is 17. The van der Waals surface area contributed by atoms with Gasteiger partial charge in [0, 0.05) is 49.8 Å². The van der Waals surface area contributed by atoms with E-state index in [1.807, 2.05) is 6.07 Å². The third-order valence-corrected chi connectivity index (χ3v) is 8.22. The van der Waals surface area contributed by atoms with Crippen LogP contribution in [0.1, 0.15) is 47.1 Å². The summed E-state index contributed by atoms with van der Waals surface area (Å²) in [5.74, 6) is 0.158. The topological polar surface area (TPSA) is 63.3 Å². The van der Waals surface area contributed by atoms with Crippen LogP contribution >= 0.6 is 0 Å². The Kier molecular flexibility index (Phi) is 12.3. The zero-order valence-electron chi connectivity index (χ0n) is 24.7. The number of halogens is 1. The molecule has 2 aromatic carbocycles. The second-order valence-electron chi connectivity index (χ2n) is 11.1. The summed E-state index contributed by atoms with van der Waals surface area (Å²) in [7, 11) is 4.32. The van der Waals surface area contributed by atoms with E-state index in [1.165, 1.54) is 22.8 Å². The van der Waals surface area contributed by atoms with Gasteiger partial charge in [-0.2, -0.15) is 0 Å². The van der Waals surface area contributed by atoms with Gasteiger partial charge in [0.25, 0.3) is 0 Å². The monoisotopic (exact) mass is 567 g/mol. The van der Waals surface area contributed by atoms with Crippen molar-refractivity contribution in [2.24, 2.45) is 0 Å². The highest BCUT2D eigenvalue weighted by Crippen LogP contribution is 2.42. The summed E-state index contributed by atoms with van der Waals surface area (Å²) in [6.45, 7) is 9.02. The molecule has 1 N–H and O–H groups in total. The van der Waals surface area contributed by atoms with Crippen molar-refractivity contribution in [1.29, 1.82) is 0 Å². The lowest BCUT2D eigenvalue weighted by Crippen LogP contribution is -2.35. The molecule has 4 rings (SSSR count). The van der Waals surface area contributed by atoms with Gasteiger partial charge in [0.05, 0.1) is 33.0 Å². The lowest BCUT2D eigenvalue weighted by Gasteiger charge is -2.26. The van der Waals surface area contributed by atoms with Crippen LogP contribution < -0.4 is 5.32 Å². The first kappa shape index (κ1) is 31.3. The summed E-state index contributed by atoms with van der Waals surface area (Å²) in [6, 6.07) is 15.2. The molecule has 0 saturated carbocycles. The van der Waals surface area contributed by atoms with Crippen LogP contribution in [0.15, 0.2) is 55.1 Å². The number of nitrogens with one attached hydrogen (secondary N) is 1. The quantitative estimate of drug-likeness (QED) is 0.229. The molecule has 2 aromatic rings. The first-order valence-electron chi connectivity index (χ1n) is 14.9. The number of nitrogens with zero attached hydrogens (tertiary/aromatic N) is 2. The summed E-state index contributed by atoms with van der Waals surface area (Å²) in [4.78, 5) is 15.9. The fraction of sp³-hybridized carbons (Fsp3) is 0.545. The van der Waals surface area contributed by atoms with Crippen molar-refractivity contribution in [3.05, 3.63) is 83.2 Å². The van der Waals surface area contributed by atoms with Gasteiger partial charge in [-0.1, -0.05) is 43.0 Å². The van der Waals surface area contributed by atoms with Crippen LogP contribution in [0.4, 0.5) is 4.39 Å². The smallest absolute Gasteiger partial charge is 0.243 e. The Morgan fingerprint density at radius 1 is 1.02 bits per heavy atom. The Morgan fingerprint density at radius 3 is 2.44 bits per heavy atom. The van der Waals surface area contributed by atoms with Crippen LogP contribution in [0.2, 0.25) is 0 Å². The van der Waals surface area contributed by atoms with Crippen molar-refractivity contribution in [3.8, 4) is 0 Å². The maximum absolute atomic E-state index is 14.7. The van der Waals surface area contributed by atoms with Gasteiger partial charge < -0.3 is 24.4 Å². The second kappa shape index (κ2) is 16.1. The number of likely N-dealkylation sites (N-methyl/N-ethyl adjacent to an activating group) is 1. The second-order valence-corrected chi connectivity index (χ2v) is 11.1. The fourth-order valence-electron chi connectivity index (χ4n) is 6.07. The Hall–Kier alpha value is -2.62. The van der Waals surface area contributed by atoms with Crippen molar-refractivity contribution in [3.63, 3.8) is 0 Å². The van der Waals surface area contributed by atoms with E-state index in [0.717, 1.165) is 44.3 Å². The minimum Gasteiger partial charge on any atom is -0.379 e. The molecular formula is C33H46FN3O4. The molecule has 1 aliphatic heterocycles. The first-order chi connectivity index (χ1) is 20.0. The maximum atomic E-state index is 14.7. The Balaban J connectivity index is 1.13. The van der Waals surface area contributed by atoms with E-state index in [0.29, 0.717) is 58.1 Å². The molecule has 1 aliphatic carbocycles. The van der Waals surface area contributed by atoms with Gasteiger partial charge in [0.2, 0.25) is 5.91 Å². The molecule has 0 radical (unpaired) electrons. The summed E-state index contributed by atoms with van der Waals surface area (Å²) in [5.41, 5.74) is 4.78. The van der Waals surface area contributed by atoms with E-state index < -0.39 is 0 Å². The maximum Gasteiger partial charge on any atom is 0.243 e. The number of ether oxygens (including phenoxy) is 3. The predicted molar refractivity (Wildman–Crippen MR) is 160 cm³/mol. The number of hydrogen-bond acceptors (Lipinski definition) is 6. The van der Waals surface area contributed by atoms with Crippen LogP contribution in [-0.2, 0) is 31.8 Å². The number of aryl methyl sites for hydroxylation is 2. The van der Waals surface area contributed by atoms with Gasteiger partial charge in [0.15, 0.2) is 0 Å². The molecule has 1 fully saturated rings. The number of benzene rings is 2. The van der Waals surface area contributed by atoms with Gasteiger partial charge in [-0.15, -0.1) is 0 Å². The largest absolute Gasteiger partial charge is 0.379 e. The minimum absolute atomic E-state index is 0.0511. The van der Waals surface area contributed by atoms with E-state index in [-0.39, 0.29) is 17.8 Å². The number of fused-ring (bicyclic) bond motifs is 1. The Morgan fingerprint density at radius 2 is 1.73 bits per heavy atom. The lowest BCUT2D eigenvalue weighted by atomic mass is 9.92. The van der Waals surface area contributed by atoms with Gasteiger partial charge in [-0.25, -0.2) is 4.39 Å². The Labute approximate surface area is 244 Å². The molecule has 3 atom stereocenters. The van der Waals surface area contributed by atoms with Crippen molar-refractivity contribution in [2.45, 2.75) is 43.7 Å². The van der Waals surface area contributed by atoms with Crippen LogP contribution in [0.3, 0.4) is 0 Å². The average molecular weight is 568 g/mol. The molecule has 1 saturated heterocycles. The molecule has 1 heterocycles. The van der Waals surface area contributed by atoms with Crippen molar-refractivity contribution >= 4 is 5.91 Å². The summed E-state index contributed by atoms with van der Waals surface area (Å²) in [6.07, 6.45) is 5.15. The van der Waals surface area contributed by atoms with Crippen molar-refractivity contribution < 1.29 is 23.4 Å².